The van der Waals surface area contributed by atoms with Crippen molar-refractivity contribution >= 4 is 11.6 Å². The maximum Gasteiger partial charge on any atom is 0.387 e. The van der Waals surface area contributed by atoms with E-state index in [0.717, 1.165) is 11.1 Å². The Bertz CT molecular complexity index is 627. The molecule has 116 valence electrons. The average Bonchev–Trinajstić information content (AvgIpc) is 2.48. The van der Waals surface area contributed by atoms with E-state index in [1.807, 2.05) is 31.2 Å². The molecule has 22 heavy (non-hydrogen) atoms. The van der Waals surface area contributed by atoms with E-state index in [0.29, 0.717) is 6.42 Å². The highest BCUT2D eigenvalue weighted by molar-refractivity contribution is 5.92. The molecular weight excluding hydrogens is 288 g/mol. The number of benzene rings is 2. The lowest BCUT2D eigenvalue weighted by Gasteiger charge is -2.11. The van der Waals surface area contributed by atoms with Crippen molar-refractivity contribution in [2.45, 2.75) is 26.4 Å². The van der Waals surface area contributed by atoms with E-state index in [4.69, 9.17) is 0 Å². The fourth-order valence-corrected chi connectivity index (χ4v) is 1.99. The van der Waals surface area contributed by atoms with Crippen molar-refractivity contribution < 1.29 is 18.3 Å². The summed E-state index contributed by atoms with van der Waals surface area (Å²) in [7, 11) is 0. The van der Waals surface area contributed by atoms with Gasteiger partial charge >= 0.3 is 6.61 Å². The molecule has 3 nitrogen and oxygen atoms in total. The first-order valence-electron chi connectivity index (χ1n) is 6.94. The Morgan fingerprint density at radius 2 is 1.82 bits per heavy atom. The number of amides is 1. The molecule has 1 N–H and O–H groups in total. The molecule has 1 amide bonds. The SMILES string of the molecule is Cc1ccc(CCC(=O)Nc2ccccc2OC(F)F)cc1. The lowest BCUT2D eigenvalue weighted by Crippen LogP contribution is -2.14. The van der Waals surface area contributed by atoms with Crippen LogP contribution in [-0.2, 0) is 11.2 Å². The molecule has 0 saturated heterocycles. The van der Waals surface area contributed by atoms with Crippen LogP contribution in [0.4, 0.5) is 14.5 Å². The van der Waals surface area contributed by atoms with Crippen molar-refractivity contribution in [1.29, 1.82) is 0 Å². The number of alkyl halides is 2. The summed E-state index contributed by atoms with van der Waals surface area (Å²) in [5.74, 6) is -0.285. The topological polar surface area (TPSA) is 38.3 Å². The molecule has 0 aliphatic heterocycles. The maximum absolute atomic E-state index is 12.3. The Balaban J connectivity index is 1.93. The molecule has 0 aliphatic rings. The summed E-state index contributed by atoms with van der Waals surface area (Å²) in [5, 5.41) is 2.60. The summed E-state index contributed by atoms with van der Waals surface area (Å²) in [5.41, 5.74) is 2.46. The molecule has 0 fully saturated rings. The lowest BCUT2D eigenvalue weighted by atomic mass is 10.1. The number of anilines is 1. The molecule has 0 atom stereocenters. The van der Waals surface area contributed by atoms with Gasteiger partial charge in [0, 0.05) is 6.42 Å². The van der Waals surface area contributed by atoms with Gasteiger partial charge in [0.2, 0.25) is 5.91 Å². The largest absolute Gasteiger partial charge is 0.433 e. The number of carbonyl (C=O) groups is 1. The van der Waals surface area contributed by atoms with Gasteiger partial charge in [-0.1, -0.05) is 42.0 Å². The molecule has 0 unspecified atom stereocenters. The predicted molar refractivity (Wildman–Crippen MR) is 81.2 cm³/mol. The molecule has 0 aliphatic carbocycles. The van der Waals surface area contributed by atoms with Crippen molar-refractivity contribution in [2.24, 2.45) is 0 Å². The highest BCUT2D eigenvalue weighted by Gasteiger charge is 2.11. The summed E-state index contributed by atoms with van der Waals surface area (Å²) in [6, 6.07) is 14.0. The van der Waals surface area contributed by atoms with Crippen molar-refractivity contribution in [3.05, 3.63) is 59.7 Å². The number of hydrogen-bond donors (Lipinski definition) is 1. The van der Waals surface area contributed by atoms with Crippen LogP contribution in [0.3, 0.4) is 0 Å². The second kappa shape index (κ2) is 7.54. The van der Waals surface area contributed by atoms with E-state index in [1.54, 1.807) is 12.1 Å². The smallest absolute Gasteiger partial charge is 0.387 e. The van der Waals surface area contributed by atoms with Gasteiger partial charge in [0.25, 0.3) is 0 Å². The minimum absolute atomic E-state index is 0.0406. The second-order valence-corrected chi connectivity index (χ2v) is 4.91. The molecular formula is C17H17F2NO2. The molecule has 2 aromatic carbocycles. The third-order valence-electron chi connectivity index (χ3n) is 3.14. The zero-order valence-corrected chi connectivity index (χ0v) is 12.2. The number of ether oxygens (including phenoxy) is 1. The van der Waals surface area contributed by atoms with E-state index < -0.39 is 6.61 Å². The monoisotopic (exact) mass is 305 g/mol. The van der Waals surface area contributed by atoms with Gasteiger partial charge < -0.3 is 10.1 Å². The molecule has 0 radical (unpaired) electrons. The van der Waals surface area contributed by atoms with Crippen LogP contribution in [0.1, 0.15) is 17.5 Å². The minimum atomic E-state index is -2.93. The fraction of sp³-hybridized carbons (Fsp3) is 0.235. The van der Waals surface area contributed by atoms with Gasteiger partial charge in [-0.05, 0) is 31.0 Å². The second-order valence-electron chi connectivity index (χ2n) is 4.91. The van der Waals surface area contributed by atoms with Crippen LogP contribution >= 0.6 is 0 Å². The van der Waals surface area contributed by atoms with Crippen molar-refractivity contribution in [3.63, 3.8) is 0 Å². The van der Waals surface area contributed by atoms with E-state index >= 15 is 0 Å². The van der Waals surface area contributed by atoms with Gasteiger partial charge in [0.05, 0.1) is 5.69 Å². The molecule has 5 heteroatoms. The summed E-state index contributed by atoms with van der Waals surface area (Å²) >= 11 is 0. The molecule has 0 heterocycles. The highest BCUT2D eigenvalue weighted by Crippen LogP contribution is 2.25. The normalized spacial score (nSPS) is 10.5. The van der Waals surface area contributed by atoms with Gasteiger partial charge in [0.1, 0.15) is 5.75 Å². The van der Waals surface area contributed by atoms with Crippen LogP contribution < -0.4 is 10.1 Å². The third kappa shape index (κ3) is 4.84. The van der Waals surface area contributed by atoms with Crippen LogP contribution in [0.25, 0.3) is 0 Å². The number of aryl methyl sites for hydroxylation is 2. The van der Waals surface area contributed by atoms with Crippen molar-refractivity contribution in [2.75, 3.05) is 5.32 Å². The number of halogens is 2. The van der Waals surface area contributed by atoms with Crippen LogP contribution in [0.15, 0.2) is 48.5 Å². The predicted octanol–water partition coefficient (Wildman–Crippen LogP) is 4.17. The maximum atomic E-state index is 12.3. The summed E-state index contributed by atoms with van der Waals surface area (Å²) in [6.45, 7) is -0.929. The van der Waals surface area contributed by atoms with Gasteiger partial charge in [-0.15, -0.1) is 0 Å². The van der Waals surface area contributed by atoms with E-state index in [9.17, 15) is 13.6 Å². The van der Waals surface area contributed by atoms with Crippen LogP contribution in [0, 0.1) is 6.92 Å². The Morgan fingerprint density at radius 1 is 1.14 bits per heavy atom. The molecule has 2 rings (SSSR count). The number of hydrogen-bond acceptors (Lipinski definition) is 2. The van der Waals surface area contributed by atoms with Gasteiger partial charge in [-0.2, -0.15) is 8.78 Å². The highest BCUT2D eigenvalue weighted by atomic mass is 19.3. The molecule has 0 saturated carbocycles. The standard InChI is InChI=1S/C17H17F2NO2/c1-12-6-8-13(9-7-12)10-11-16(21)20-14-4-2-3-5-15(14)22-17(18)19/h2-9,17H,10-11H2,1H3,(H,20,21). The van der Waals surface area contributed by atoms with Gasteiger partial charge in [-0.25, -0.2) is 0 Å². The van der Waals surface area contributed by atoms with Crippen LogP contribution in [0.2, 0.25) is 0 Å². The molecule has 0 bridgehead atoms. The molecule has 0 spiro atoms. The zero-order valence-electron chi connectivity index (χ0n) is 12.2. The molecule has 0 aromatic heterocycles. The number of carbonyl (C=O) groups excluding carboxylic acids is 1. The van der Waals surface area contributed by atoms with Crippen LogP contribution in [-0.4, -0.2) is 12.5 Å². The summed E-state index contributed by atoms with van der Waals surface area (Å²) in [6.07, 6.45) is 0.857. The van der Waals surface area contributed by atoms with Gasteiger partial charge in [-0.3, -0.25) is 4.79 Å². The Hall–Kier alpha value is -2.43. The molecule has 2 aromatic rings. The summed E-state index contributed by atoms with van der Waals surface area (Å²) in [4.78, 5) is 11.9. The minimum Gasteiger partial charge on any atom is -0.433 e. The van der Waals surface area contributed by atoms with E-state index in [-0.39, 0.29) is 23.8 Å². The average molecular weight is 305 g/mol. The van der Waals surface area contributed by atoms with Crippen molar-refractivity contribution in [1.82, 2.24) is 0 Å². The van der Waals surface area contributed by atoms with Crippen molar-refractivity contribution in [3.8, 4) is 5.75 Å². The summed E-state index contributed by atoms with van der Waals surface area (Å²) < 4.78 is 29.0. The van der Waals surface area contributed by atoms with Gasteiger partial charge in [0.15, 0.2) is 0 Å². The Labute approximate surface area is 127 Å². The number of rotatable bonds is 6. The van der Waals surface area contributed by atoms with E-state index in [2.05, 4.69) is 10.1 Å². The first-order chi connectivity index (χ1) is 10.5. The number of para-hydroxylation sites is 2. The first-order valence-corrected chi connectivity index (χ1v) is 6.94. The quantitative estimate of drug-likeness (QED) is 0.870. The zero-order chi connectivity index (χ0) is 15.9. The Morgan fingerprint density at radius 3 is 2.50 bits per heavy atom. The Kier molecular flexibility index (Phi) is 5.47. The fourth-order valence-electron chi connectivity index (χ4n) is 1.99. The lowest BCUT2D eigenvalue weighted by molar-refractivity contribution is -0.116. The third-order valence-corrected chi connectivity index (χ3v) is 3.14. The van der Waals surface area contributed by atoms with Crippen LogP contribution in [0.5, 0.6) is 5.75 Å². The van der Waals surface area contributed by atoms with E-state index in [1.165, 1.54) is 12.1 Å². The number of nitrogens with one attached hydrogen (secondary N) is 1. The first kappa shape index (κ1) is 15.9.